The Bertz CT molecular complexity index is 645. The zero-order chi connectivity index (χ0) is 16.9. The Morgan fingerprint density at radius 2 is 2.04 bits per heavy atom. The molecular formula is C17H22N2O3S. The molecule has 0 atom stereocenters. The number of ether oxygens (including phenoxy) is 1. The van der Waals surface area contributed by atoms with Crippen LogP contribution >= 0.6 is 11.3 Å². The molecule has 0 spiro atoms. The van der Waals surface area contributed by atoms with E-state index in [0.29, 0.717) is 12.8 Å². The maximum atomic E-state index is 11.8. The summed E-state index contributed by atoms with van der Waals surface area (Å²) in [5, 5.41) is 15.2. The monoisotopic (exact) mass is 334 g/mol. The van der Waals surface area contributed by atoms with Gasteiger partial charge in [0.25, 0.3) is 0 Å². The lowest BCUT2D eigenvalue weighted by atomic mass is 10.1. The molecule has 2 aromatic rings. The quantitative estimate of drug-likeness (QED) is 0.816. The molecule has 1 aromatic heterocycles. The fourth-order valence-corrected chi connectivity index (χ4v) is 2.75. The van der Waals surface area contributed by atoms with Crippen molar-refractivity contribution in [1.29, 1.82) is 0 Å². The maximum Gasteiger partial charge on any atom is 0.220 e. The van der Waals surface area contributed by atoms with Crippen LogP contribution < -0.4 is 10.1 Å². The zero-order valence-corrected chi connectivity index (χ0v) is 14.4. The minimum absolute atomic E-state index is 0.0756. The summed E-state index contributed by atoms with van der Waals surface area (Å²) < 4.78 is 5.14. The minimum atomic E-state index is -0.890. The van der Waals surface area contributed by atoms with Gasteiger partial charge in [0.1, 0.15) is 5.75 Å². The molecule has 2 rings (SSSR count). The first-order chi connectivity index (χ1) is 10.9. The Morgan fingerprint density at radius 1 is 1.35 bits per heavy atom. The molecule has 5 nitrogen and oxygen atoms in total. The van der Waals surface area contributed by atoms with Gasteiger partial charge in [-0.2, -0.15) is 0 Å². The smallest absolute Gasteiger partial charge is 0.220 e. The molecule has 1 amide bonds. The summed E-state index contributed by atoms with van der Waals surface area (Å²) in [5.41, 5.74) is 1.04. The third-order valence-corrected chi connectivity index (χ3v) is 4.13. The number of aliphatic hydroxyl groups is 1. The van der Waals surface area contributed by atoms with Crippen LogP contribution in [0.2, 0.25) is 0 Å². The lowest BCUT2D eigenvalue weighted by molar-refractivity contribution is -0.122. The number of rotatable bonds is 7. The highest BCUT2D eigenvalue weighted by atomic mass is 32.1. The van der Waals surface area contributed by atoms with Crippen LogP contribution in [-0.2, 0) is 11.2 Å². The molecule has 1 aromatic carbocycles. The first-order valence-corrected chi connectivity index (χ1v) is 8.33. The fraction of sp³-hybridized carbons (Fsp3) is 0.412. The molecule has 0 saturated heterocycles. The molecule has 1 heterocycles. The topological polar surface area (TPSA) is 71.5 Å². The molecule has 0 radical (unpaired) electrons. The molecule has 0 aliphatic rings. The average Bonchev–Trinajstić information content (AvgIpc) is 2.99. The Kier molecular flexibility index (Phi) is 5.74. The number of nitrogens with zero attached hydrogens (tertiary/aromatic N) is 1. The van der Waals surface area contributed by atoms with E-state index in [0.717, 1.165) is 22.0 Å². The van der Waals surface area contributed by atoms with Crippen molar-refractivity contribution in [2.24, 2.45) is 0 Å². The zero-order valence-electron chi connectivity index (χ0n) is 13.6. The van der Waals surface area contributed by atoms with Crippen molar-refractivity contribution in [3.63, 3.8) is 0 Å². The van der Waals surface area contributed by atoms with Gasteiger partial charge in [0.15, 0.2) is 0 Å². The van der Waals surface area contributed by atoms with Gasteiger partial charge < -0.3 is 15.2 Å². The second-order valence-electron chi connectivity index (χ2n) is 5.94. The van der Waals surface area contributed by atoms with Crippen molar-refractivity contribution in [3.05, 3.63) is 34.7 Å². The number of aryl methyl sites for hydroxylation is 1. The number of amides is 1. The Balaban J connectivity index is 1.88. The first-order valence-electron chi connectivity index (χ1n) is 7.45. The largest absolute Gasteiger partial charge is 0.497 e. The summed E-state index contributed by atoms with van der Waals surface area (Å²) in [4.78, 5) is 16.3. The Morgan fingerprint density at radius 3 is 2.65 bits per heavy atom. The van der Waals surface area contributed by atoms with E-state index < -0.39 is 5.60 Å². The van der Waals surface area contributed by atoms with Gasteiger partial charge >= 0.3 is 0 Å². The molecule has 0 aliphatic carbocycles. The number of carbonyl (C=O) groups excluding carboxylic acids is 1. The van der Waals surface area contributed by atoms with Crippen molar-refractivity contribution in [1.82, 2.24) is 10.3 Å². The predicted octanol–water partition coefficient (Wildman–Crippen LogP) is 2.64. The van der Waals surface area contributed by atoms with Crippen LogP contribution in [-0.4, -0.2) is 35.3 Å². The van der Waals surface area contributed by atoms with Gasteiger partial charge in [0.2, 0.25) is 5.91 Å². The van der Waals surface area contributed by atoms with Crippen LogP contribution in [0.1, 0.15) is 25.3 Å². The highest BCUT2D eigenvalue weighted by molar-refractivity contribution is 7.09. The van der Waals surface area contributed by atoms with Gasteiger partial charge in [-0.3, -0.25) is 4.79 Å². The van der Waals surface area contributed by atoms with E-state index in [1.165, 1.54) is 0 Å². The van der Waals surface area contributed by atoms with Gasteiger partial charge in [-0.25, -0.2) is 4.98 Å². The van der Waals surface area contributed by atoms with Gasteiger partial charge in [0.05, 0.1) is 23.4 Å². The summed E-state index contributed by atoms with van der Waals surface area (Å²) in [5.74, 6) is 0.737. The molecule has 2 N–H and O–H groups in total. The van der Waals surface area contributed by atoms with Crippen molar-refractivity contribution in [2.75, 3.05) is 13.7 Å². The fourth-order valence-electron chi connectivity index (χ4n) is 1.94. The Hall–Kier alpha value is -1.92. The summed E-state index contributed by atoms with van der Waals surface area (Å²) >= 11 is 1.55. The lowest BCUT2D eigenvalue weighted by Gasteiger charge is -2.17. The van der Waals surface area contributed by atoms with Crippen LogP contribution in [0.4, 0.5) is 0 Å². The number of methoxy groups -OCH3 is 1. The molecule has 124 valence electrons. The van der Waals surface area contributed by atoms with Crippen LogP contribution in [0.25, 0.3) is 11.3 Å². The summed E-state index contributed by atoms with van der Waals surface area (Å²) in [6.07, 6.45) is 0.962. The molecule has 0 aliphatic heterocycles. The van der Waals surface area contributed by atoms with Gasteiger partial charge in [-0.05, 0) is 38.1 Å². The normalized spacial score (nSPS) is 11.3. The van der Waals surface area contributed by atoms with E-state index in [9.17, 15) is 9.90 Å². The van der Waals surface area contributed by atoms with Crippen LogP contribution in [0.5, 0.6) is 5.75 Å². The molecule has 0 bridgehead atoms. The number of thiazole rings is 1. The molecular weight excluding hydrogens is 312 g/mol. The maximum absolute atomic E-state index is 11.8. The average molecular weight is 334 g/mol. The highest BCUT2D eigenvalue weighted by Crippen LogP contribution is 2.24. The number of benzene rings is 1. The number of hydrogen-bond donors (Lipinski definition) is 2. The van der Waals surface area contributed by atoms with Crippen molar-refractivity contribution in [2.45, 2.75) is 32.3 Å². The van der Waals surface area contributed by atoms with Crippen LogP contribution in [0.15, 0.2) is 29.6 Å². The SMILES string of the molecule is COc1ccc(-c2csc(CCC(=O)NCC(C)(C)O)n2)cc1. The van der Waals surface area contributed by atoms with E-state index >= 15 is 0 Å². The number of carbonyl (C=O) groups is 1. The standard InChI is InChI=1S/C17H22N2O3S/c1-17(2,21)11-18-15(20)8-9-16-19-14(10-23-16)12-4-6-13(22-3)7-5-12/h4-7,10,21H,8-9,11H2,1-3H3,(H,18,20). The molecule has 23 heavy (non-hydrogen) atoms. The van der Waals surface area contributed by atoms with Crippen LogP contribution in [0, 0.1) is 0 Å². The number of hydrogen-bond acceptors (Lipinski definition) is 5. The molecule has 0 fully saturated rings. The predicted molar refractivity (Wildman–Crippen MR) is 91.7 cm³/mol. The Labute approximate surface area is 140 Å². The van der Waals surface area contributed by atoms with E-state index in [1.807, 2.05) is 29.6 Å². The highest BCUT2D eigenvalue weighted by Gasteiger charge is 2.14. The van der Waals surface area contributed by atoms with Gasteiger partial charge in [-0.15, -0.1) is 11.3 Å². The molecule has 0 saturated carbocycles. The van der Waals surface area contributed by atoms with Crippen molar-refractivity contribution < 1.29 is 14.6 Å². The van der Waals surface area contributed by atoms with E-state index in [2.05, 4.69) is 10.3 Å². The summed E-state index contributed by atoms with van der Waals surface area (Å²) in [7, 11) is 1.64. The van der Waals surface area contributed by atoms with E-state index in [4.69, 9.17) is 4.74 Å². The lowest BCUT2D eigenvalue weighted by Crippen LogP contribution is -2.38. The minimum Gasteiger partial charge on any atom is -0.497 e. The van der Waals surface area contributed by atoms with E-state index in [1.54, 1.807) is 32.3 Å². The van der Waals surface area contributed by atoms with Gasteiger partial charge in [-0.1, -0.05) is 0 Å². The van der Waals surface area contributed by atoms with E-state index in [-0.39, 0.29) is 12.5 Å². The summed E-state index contributed by atoms with van der Waals surface area (Å²) in [6, 6.07) is 7.73. The first kappa shape index (κ1) is 17.4. The third kappa shape index (κ3) is 5.65. The number of aromatic nitrogens is 1. The summed E-state index contributed by atoms with van der Waals surface area (Å²) in [6.45, 7) is 3.57. The molecule has 6 heteroatoms. The number of nitrogens with one attached hydrogen (secondary N) is 1. The second kappa shape index (κ2) is 7.57. The molecule has 0 unspecified atom stereocenters. The second-order valence-corrected chi connectivity index (χ2v) is 6.89. The van der Waals surface area contributed by atoms with Crippen molar-refractivity contribution >= 4 is 17.2 Å². The van der Waals surface area contributed by atoms with Crippen molar-refractivity contribution in [3.8, 4) is 17.0 Å². The van der Waals surface area contributed by atoms with Crippen LogP contribution in [0.3, 0.4) is 0 Å². The van der Waals surface area contributed by atoms with Gasteiger partial charge in [0, 0.05) is 30.3 Å². The third-order valence-electron chi connectivity index (χ3n) is 3.22.